The van der Waals surface area contributed by atoms with Crippen molar-refractivity contribution in [3.63, 3.8) is 0 Å². The van der Waals surface area contributed by atoms with Crippen LogP contribution in [-0.4, -0.2) is 56.5 Å². The number of aliphatic hydroxyl groups excluding tert-OH is 2. The van der Waals surface area contributed by atoms with Gasteiger partial charge in [-0.1, -0.05) is 178 Å². The molecule has 6 nitrogen and oxygen atoms in total. The van der Waals surface area contributed by atoms with E-state index < -0.39 is 0 Å². The van der Waals surface area contributed by atoms with Crippen molar-refractivity contribution in [3.05, 3.63) is 117 Å². The second-order valence-electron chi connectivity index (χ2n) is 27.8. The Morgan fingerprint density at radius 3 is 1.68 bits per heavy atom. The third kappa shape index (κ3) is 13.0. The second kappa shape index (κ2) is 23.1. The summed E-state index contributed by atoms with van der Waals surface area (Å²) in [5.74, 6) is 4.67. The van der Waals surface area contributed by atoms with Gasteiger partial charge < -0.3 is 29.2 Å². The fraction of sp³-hybridized carbons (Fsp3) is 0.681. The molecule has 7 rings (SSSR count). The van der Waals surface area contributed by atoms with Crippen LogP contribution >= 0.6 is 0 Å². The number of allylic oxidation sites excluding steroid dienone is 12. The standard InChI is InChI=1S/C69H104O6/c1-46(2)24-20-26-48(4)28-21-29-49(5)31-23-36-65(15)37-35-58-59-41-55(40-51(7)34-39-69-64(13,14)43-57(71)45-67(69,17)75-69)60(72-61(59)53(9)54(10)62(58)73-65)52(8)32-19-18-25-47(3)27-22-30-50(6)33-38-68-63(11,12)42-56(70)44-66(68,16)74-68/h18-19,22,25,27,30,32-34,38-40,46,48-49,55-57,60,70-71H,20-21,23-24,26,28-29,31,35-37,41-45H2,1-17H3. The minimum absolute atomic E-state index is 0.112. The van der Waals surface area contributed by atoms with Gasteiger partial charge in [-0.3, -0.25) is 0 Å². The highest BCUT2D eigenvalue weighted by Crippen LogP contribution is 2.67. The SMILES string of the molecule is CC(C=CC=C(C)C=CC12OC1(C)CC(O)CC2(C)C)=CC=CC=C(C)C1Oc2c(C)c(C)c3c(c2CC1C=C(C)C=CC12OC1(C)CC(O)CC2(C)C)CCC(C)(CCCC(C)CCCC(C)CCCC(C)C)O3. The number of epoxide rings is 2. The molecule has 0 aromatic heterocycles. The predicted octanol–water partition coefficient (Wildman–Crippen LogP) is 17.2. The summed E-state index contributed by atoms with van der Waals surface area (Å²) in [6, 6.07) is 0. The summed E-state index contributed by atoms with van der Waals surface area (Å²) in [4.78, 5) is 0. The molecule has 6 heteroatoms. The lowest BCUT2D eigenvalue weighted by Gasteiger charge is -2.41. The molecule has 0 bridgehead atoms. The molecular weight excluding hydrogens is 925 g/mol. The van der Waals surface area contributed by atoms with E-state index in [2.05, 4.69) is 191 Å². The summed E-state index contributed by atoms with van der Waals surface area (Å²) in [5.41, 5.74) is 7.96. The zero-order valence-electron chi connectivity index (χ0n) is 50.3. The van der Waals surface area contributed by atoms with Crippen molar-refractivity contribution in [1.82, 2.24) is 0 Å². The molecule has 0 spiro atoms. The van der Waals surface area contributed by atoms with Crippen LogP contribution in [0.15, 0.2) is 95.2 Å². The van der Waals surface area contributed by atoms with Crippen LogP contribution in [0, 0.1) is 48.3 Å². The molecule has 11 unspecified atom stereocenters. The van der Waals surface area contributed by atoms with E-state index >= 15 is 0 Å². The Bertz CT molecular complexity index is 2450. The molecule has 11 atom stereocenters. The van der Waals surface area contributed by atoms with Crippen LogP contribution in [-0.2, 0) is 22.3 Å². The number of hydrogen-bond donors (Lipinski definition) is 2. The van der Waals surface area contributed by atoms with Crippen LogP contribution in [0.4, 0.5) is 0 Å². The minimum atomic E-state index is -0.385. The van der Waals surface area contributed by atoms with Crippen LogP contribution < -0.4 is 9.47 Å². The molecule has 2 N–H and O–H groups in total. The number of rotatable bonds is 22. The molecule has 4 aliphatic heterocycles. The third-order valence-corrected chi connectivity index (χ3v) is 19.4. The van der Waals surface area contributed by atoms with E-state index in [0.29, 0.717) is 12.8 Å². The number of ether oxygens (including phenoxy) is 4. The number of fused-ring (bicyclic) bond motifs is 5. The number of benzene rings is 1. The van der Waals surface area contributed by atoms with Gasteiger partial charge in [-0.05, 0) is 154 Å². The lowest BCUT2D eigenvalue weighted by atomic mass is 9.63. The highest BCUT2D eigenvalue weighted by atomic mass is 16.6. The van der Waals surface area contributed by atoms with Gasteiger partial charge in [0.2, 0.25) is 0 Å². The average molecular weight is 1030 g/mol. The van der Waals surface area contributed by atoms with Gasteiger partial charge >= 0.3 is 0 Å². The van der Waals surface area contributed by atoms with Crippen molar-refractivity contribution in [2.45, 2.75) is 267 Å². The van der Waals surface area contributed by atoms with Gasteiger partial charge in [0, 0.05) is 40.7 Å². The van der Waals surface area contributed by atoms with Crippen molar-refractivity contribution in [3.8, 4) is 11.5 Å². The molecule has 4 fully saturated rings. The third-order valence-electron chi connectivity index (χ3n) is 19.4. The van der Waals surface area contributed by atoms with E-state index in [1.54, 1.807) is 0 Å². The highest BCUT2D eigenvalue weighted by Gasteiger charge is 2.75. The van der Waals surface area contributed by atoms with Crippen LogP contribution in [0.1, 0.15) is 216 Å². The quantitative estimate of drug-likeness (QED) is 0.0889. The van der Waals surface area contributed by atoms with Gasteiger partial charge in [-0.25, -0.2) is 0 Å². The molecule has 2 saturated carbocycles. The molecule has 2 aliphatic carbocycles. The van der Waals surface area contributed by atoms with E-state index in [-0.39, 0.29) is 63.1 Å². The first-order chi connectivity index (χ1) is 35.1. The van der Waals surface area contributed by atoms with Gasteiger partial charge in [0.05, 0.1) is 12.2 Å². The minimum Gasteiger partial charge on any atom is -0.487 e. The lowest BCUT2D eigenvalue weighted by molar-refractivity contribution is 0.0501. The molecule has 4 heterocycles. The van der Waals surface area contributed by atoms with Crippen LogP contribution in [0.3, 0.4) is 0 Å². The molecule has 2 saturated heterocycles. The van der Waals surface area contributed by atoms with E-state index in [9.17, 15) is 10.2 Å². The Hall–Kier alpha value is -3.42. The summed E-state index contributed by atoms with van der Waals surface area (Å²) >= 11 is 0. The zero-order valence-corrected chi connectivity index (χ0v) is 50.3. The summed E-state index contributed by atoms with van der Waals surface area (Å²) < 4.78 is 27.4. The molecule has 0 amide bonds. The highest BCUT2D eigenvalue weighted by molar-refractivity contribution is 5.61. The van der Waals surface area contributed by atoms with Crippen LogP contribution in [0.25, 0.3) is 0 Å². The molecule has 75 heavy (non-hydrogen) atoms. The Kier molecular flexibility index (Phi) is 18.3. The lowest BCUT2D eigenvalue weighted by Crippen LogP contribution is -2.46. The van der Waals surface area contributed by atoms with Crippen molar-refractivity contribution >= 4 is 0 Å². The van der Waals surface area contributed by atoms with Gasteiger partial charge in [0.15, 0.2) is 0 Å². The van der Waals surface area contributed by atoms with Gasteiger partial charge in [0.25, 0.3) is 0 Å². The average Bonchev–Trinajstić information content (AvgIpc) is 4.16. The molecule has 1 aromatic rings. The molecule has 1 aromatic carbocycles. The maximum Gasteiger partial charge on any atom is 0.127 e. The van der Waals surface area contributed by atoms with Gasteiger partial charge in [0.1, 0.15) is 45.6 Å². The van der Waals surface area contributed by atoms with Crippen molar-refractivity contribution < 1.29 is 29.2 Å². The Morgan fingerprint density at radius 2 is 1.11 bits per heavy atom. The fourth-order valence-electron chi connectivity index (χ4n) is 14.7. The van der Waals surface area contributed by atoms with Crippen LogP contribution in [0.2, 0.25) is 0 Å². The normalized spacial score (nSPS) is 34.3. The summed E-state index contributed by atoms with van der Waals surface area (Å²) in [5, 5.41) is 21.2. The smallest absolute Gasteiger partial charge is 0.127 e. The maximum atomic E-state index is 10.7. The van der Waals surface area contributed by atoms with Gasteiger partial charge in [-0.2, -0.15) is 0 Å². The molecular formula is C69H104O6. The van der Waals surface area contributed by atoms with Crippen molar-refractivity contribution in [2.24, 2.45) is 34.5 Å². The summed E-state index contributed by atoms with van der Waals surface area (Å²) in [7, 11) is 0. The van der Waals surface area contributed by atoms with Gasteiger partial charge in [-0.15, -0.1) is 0 Å². The maximum absolute atomic E-state index is 10.7. The van der Waals surface area contributed by atoms with E-state index in [0.717, 1.165) is 78.9 Å². The zero-order chi connectivity index (χ0) is 54.9. The molecule has 0 radical (unpaired) electrons. The number of aliphatic hydroxyl groups is 2. The first-order valence-corrected chi connectivity index (χ1v) is 29.8. The van der Waals surface area contributed by atoms with Crippen molar-refractivity contribution in [1.29, 1.82) is 0 Å². The predicted molar refractivity (Wildman–Crippen MR) is 314 cm³/mol. The second-order valence-corrected chi connectivity index (χ2v) is 27.8. The topological polar surface area (TPSA) is 84.0 Å². The van der Waals surface area contributed by atoms with E-state index in [1.807, 2.05) is 0 Å². The molecule has 6 aliphatic rings. The number of hydrogen-bond acceptors (Lipinski definition) is 6. The summed E-state index contributed by atoms with van der Waals surface area (Å²) in [6.45, 7) is 38.3. The first kappa shape index (κ1) is 59.2. The van der Waals surface area contributed by atoms with E-state index in [4.69, 9.17) is 18.9 Å². The fourth-order valence-corrected chi connectivity index (χ4v) is 14.7. The van der Waals surface area contributed by atoms with Crippen LogP contribution in [0.5, 0.6) is 11.5 Å². The monoisotopic (exact) mass is 1030 g/mol. The Balaban J connectivity index is 1.05. The van der Waals surface area contributed by atoms with E-state index in [1.165, 1.54) is 84.8 Å². The van der Waals surface area contributed by atoms with Crippen molar-refractivity contribution in [2.75, 3.05) is 0 Å². The summed E-state index contributed by atoms with van der Waals surface area (Å²) in [6.07, 6.45) is 43.2. The first-order valence-electron chi connectivity index (χ1n) is 29.8. The Morgan fingerprint density at radius 1 is 0.600 bits per heavy atom. The molecule has 416 valence electrons. The Labute approximate surface area is 457 Å². The largest absolute Gasteiger partial charge is 0.487 e.